The van der Waals surface area contributed by atoms with Crippen molar-refractivity contribution in [1.29, 1.82) is 0 Å². The van der Waals surface area contributed by atoms with Crippen LogP contribution in [-0.2, 0) is 23.8 Å². The maximum Gasteiger partial charge on any atom is 0.305 e. The van der Waals surface area contributed by atoms with Crippen LogP contribution in [0.25, 0.3) is 0 Å². The van der Waals surface area contributed by atoms with Crippen LogP contribution in [0.5, 0.6) is 0 Å². The van der Waals surface area contributed by atoms with Crippen LogP contribution >= 0.6 is 0 Å². The number of hydrogen-bond donors (Lipinski definition) is 0. The molecular formula is C52H101NO5. The molecule has 0 N–H and O–H groups in total. The Hall–Kier alpha value is -1.14. The van der Waals surface area contributed by atoms with Gasteiger partial charge in [-0.25, -0.2) is 0 Å². The normalized spacial score (nSPS) is 15.4. The van der Waals surface area contributed by atoms with Crippen molar-refractivity contribution in [2.75, 3.05) is 39.5 Å². The van der Waals surface area contributed by atoms with E-state index in [0.717, 1.165) is 57.0 Å². The zero-order valence-corrected chi connectivity index (χ0v) is 40.3. The Balaban J connectivity index is 2.19. The molecule has 0 aromatic rings. The molecule has 0 amide bonds. The average molecular weight is 820 g/mol. The number of ether oxygens (including phenoxy) is 3. The second kappa shape index (κ2) is 37.6. The summed E-state index contributed by atoms with van der Waals surface area (Å²) in [5, 5.41) is 0. The largest absolute Gasteiger partial charge is 0.466 e. The molecule has 6 heteroatoms. The van der Waals surface area contributed by atoms with Gasteiger partial charge in [-0.05, 0) is 132 Å². The van der Waals surface area contributed by atoms with E-state index in [1.54, 1.807) is 0 Å². The highest BCUT2D eigenvalue weighted by Crippen LogP contribution is 2.25. The van der Waals surface area contributed by atoms with E-state index in [2.05, 4.69) is 60.3 Å². The molecule has 58 heavy (non-hydrogen) atoms. The fraction of sp³-hybridized carbons (Fsp3) is 0.962. The number of nitrogens with zero attached hydrogens (tertiary/aromatic N) is 1. The standard InChI is InChI=1S/C52H101NO5/c1-44(2)32-34-48(46(5)6)36-42-57-51(54)30-22-17-13-9-11-15-20-28-50(56-41-27-26-40-53-38-24-19-25-39-53)29-21-16-12-10-14-18-23-31-52(55)58-43-37-49(47(7)8)35-33-45(3)4/h44-50H,9-43H2,1-8H3. The molecule has 0 aromatic heterocycles. The van der Waals surface area contributed by atoms with Crippen LogP contribution in [0.4, 0.5) is 0 Å². The number of carbonyl (C=O) groups is 2. The van der Waals surface area contributed by atoms with Crippen molar-refractivity contribution >= 4 is 11.9 Å². The Labute approximate surface area is 362 Å². The van der Waals surface area contributed by atoms with Gasteiger partial charge in [-0.15, -0.1) is 0 Å². The molecule has 2 atom stereocenters. The van der Waals surface area contributed by atoms with Crippen LogP contribution < -0.4 is 0 Å². The SMILES string of the molecule is CC(C)CCC(CCOC(=O)CCCCCCCCCC(CCCCCCCCCC(=O)OCCC(CCC(C)C)C(C)C)OCCCCN1CCCCC1)C(C)C. The summed E-state index contributed by atoms with van der Waals surface area (Å²) in [5.41, 5.74) is 0. The topological polar surface area (TPSA) is 65.1 Å². The molecule has 1 fully saturated rings. The van der Waals surface area contributed by atoms with Crippen molar-refractivity contribution in [3.8, 4) is 0 Å². The number of hydrogen-bond acceptors (Lipinski definition) is 6. The molecule has 6 nitrogen and oxygen atoms in total. The first kappa shape index (κ1) is 54.9. The number of likely N-dealkylation sites (tertiary alicyclic amines) is 1. The predicted octanol–water partition coefficient (Wildman–Crippen LogP) is 14.9. The third-order valence-corrected chi connectivity index (χ3v) is 13.1. The quantitative estimate of drug-likeness (QED) is 0.0453. The Morgan fingerprint density at radius 1 is 0.431 bits per heavy atom. The molecule has 0 bridgehead atoms. The fourth-order valence-electron chi connectivity index (χ4n) is 8.74. The van der Waals surface area contributed by atoms with Crippen molar-refractivity contribution in [3.05, 3.63) is 0 Å². The number of rotatable bonds is 40. The van der Waals surface area contributed by atoms with E-state index in [9.17, 15) is 9.59 Å². The summed E-state index contributed by atoms with van der Waals surface area (Å²) >= 11 is 0. The third-order valence-electron chi connectivity index (χ3n) is 13.1. The molecular weight excluding hydrogens is 719 g/mol. The van der Waals surface area contributed by atoms with Gasteiger partial charge in [-0.1, -0.05) is 152 Å². The molecule has 1 rings (SSSR count). The van der Waals surface area contributed by atoms with Gasteiger partial charge in [-0.2, -0.15) is 0 Å². The van der Waals surface area contributed by atoms with Crippen LogP contribution in [0.1, 0.15) is 242 Å². The summed E-state index contributed by atoms with van der Waals surface area (Å²) in [4.78, 5) is 27.2. The number of carbonyl (C=O) groups excluding carboxylic acids is 2. The van der Waals surface area contributed by atoms with E-state index in [1.165, 1.54) is 154 Å². The minimum Gasteiger partial charge on any atom is -0.466 e. The molecule has 0 spiro atoms. The van der Waals surface area contributed by atoms with Crippen molar-refractivity contribution in [2.24, 2.45) is 35.5 Å². The van der Waals surface area contributed by atoms with Crippen molar-refractivity contribution < 1.29 is 23.8 Å². The number of unbranched alkanes of at least 4 members (excludes halogenated alkanes) is 13. The molecule has 0 aromatic carbocycles. The Bertz CT molecular complexity index is 869. The van der Waals surface area contributed by atoms with Gasteiger partial charge in [0.15, 0.2) is 0 Å². The fourth-order valence-corrected chi connectivity index (χ4v) is 8.74. The Morgan fingerprint density at radius 2 is 0.845 bits per heavy atom. The first-order valence-electron chi connectivity index (χ1n) is 25.6. The molecule has 1 aliphatic rings. The zero-order valence-electron chi connectivity index (χ0n) is 40.3. The van der Waals surface area contributed by atoms with Crippen molar-refractivity contribution in [1.82, 2.24) is 4.90 Å². The van der Waals surface area contributed by atoms with Gasteiger partial charge in [-0.3, -0.25) is 9.59 Å². The second-order valence-corrected chi connectivity index (χ2v) is 20.1. The Morgan fingerprint density at radius 3 is 1.26 bits per heavy atom. The lowest BCUT2D eigenvalue weighted by Gasteiger charge is -2.26. The molecule has 0 aliphatic carbocycles. The van der Waals surface area contributed by atoms with E-state index in [1.807, 2.05) is 0 Å². The maximum absolute atomic E-state index is 12.3. The Kier molecular flexibility index (Phi) is 35.6. The molecule has 1 heterocycles. The number of esters is 2. The average Bonchev–Trinajstić information content (AvgIpc) is 3.18. The van der Waals surface area contributed by atoms with Gasteiger partial charge in [0.1, 0.15) is 0 Å². The first-order chi connectivity index (χ1) is 28.0. The molecule has 0 radical (unpaired) electrons. The van der Waals surface area contributed by atoms with Gasteiger partial charge in [0.25, 0.3) is 0 Å². The molecule has 0 saturated carbocycles. The maximum atomic E-state index is 12.3. The van der Waals surface area contributed by atoms with Gasteiger partial charge in [0, 0.05) is 19.4 Å². The van der Waals surface area contributed by atoms with Crippen LogP contribution in [0, 0.1) is 35.5 Å². The molecule has 1 aliphatic heterocycles. The monoisotopic (exact) mass is 820 g/mol. The lowest BCUT2D eigenvalue weighted by atomic mass is 9.86. The highest BCUT2D eigenvalue weighted by atomic mass is 16.5. The van der Waals surface area contributed by atoms with E-state index in [4.69, 9.17) is 14.2 Å². The summed E-state index contributed by atoms with van der Waals surface area (Å²) in [6.07, 6.45) is 34.3. The lowest BCUT2D eigenvalue weighted by Crippen LogP contribution is -2.30. The highest BCUT2D eigenvalue weighted by Gasteiger charge is 2.17. The minimum atomic E-state index is -0.00360. The first-order valence-corrected chi connectivity index (χ1v) is 25.6. The smallest absolute Gasteiger partial charge is 0.305 e. The van der Waals surface area contributed by atoms with E-state index in [-0.39, 0.29) is 11.9 Å². The minimum absolute atomic E-state index is 0.00360. The van der Waals surface area contributed by atoms with Crippen molar-refractivity contribution in [2.45, 2.75) is 248 Å². The van der Waals surface area contributed by atoms with Gasteiger partial charge >= 0.3 is 11.9 Å². The summed E-state index contributed by atoms with van der Waals surface area (Å²) < 4.78 is 17.8. The molecule has 344 valence electrons. The summed E-state index contributed by atoms with van der Waals surface area (Å²) in [7, 11) is 0. The van der Waals surface area contributed by atoms with Crippen LogP contribution in [0.15, 0.2) is 0 Å². The van der Waals surface area contributed by atoms with Gasteiger partial charge in [0.05, 0.1) is 19.3 Å². The summed E-state index contributed by atoms with van der Waals surface area (Å²) in [5.74, 6) is 4.07. The predicted molar refractivity (Wildman–Crippen MR) is 248 cm³/mol. The lowest BCUT2D eigenvalue weighted by molar-refractivity contribution is -0.145. The van der Waals surface area contributed by atoms with Crippen LogP contribution in [0.2, 0.25) is 0 Å². The third kappa shape index (κ3) is 33.6. The number of piperidine rings is 1. The second-order valence-electron chi connectivity index (χ2n) is 20.1. The van der Waals surface area contributed by atoms with E-state index >= 15 is 0 Å². The van der Waals surface area contributed by atoms with E-state index < -0.39 is 0 Å². The summed E-state index contributed by atoms with van der Waals surface area (Å²) in [6.45, 7) is 24.3. The summed E-state index contributed by atoms with van der Waals surface area (Å²) in [6, 6.07) is 0. The van der Waals surface area contributed by atoms with Gasteiger partial charge < -0.3 is 19.1 Å². The van der Waals surface area contributed by atoms with Crippen molar-refractivity contribution in [3.63, 3.8) is 0 Å². The van der Waals surface area contributed by atoms with Gasteiger partial charge in [0.2, 0.25) is 0 Å². The van der Waals surface area contributed by atoms with Crippen LogP contribution in [-0.4, -0.2) is 62.4 Å². The highest BCUT2D eigenvalue weighted by molar-refractivity contribution is 5.69. The van der Waals surface area contributed by atoms with Crippen LogP contribution in [0.3, 0.4) is 0 Å². The molecule has 1 saturated heterocycles. The molecule has 2 unspecified atom stereocenters. The van der Waals surface area contributed by atoms with E-state index in [0.29, 0.717) is 55.8 Å². The zero-order chi connectivity index (χ0) is 42.6.